The van der Waals surface area contributed by atoms with Gasteiger partial charge in [-0.1, -0.05) is 36.4 Å². The molecule has 3 aromatic carbocycles. The number of hydrogen-bond acceptors (Lipinski definition) is 18. The number of nitrogens with one attached hydrogen (secondary N) is 4. The number of carbonyl (C=O) groups excluding carboxylic acids is 5. The van der Waals surface area contributed by atoms with Gasteiger partial charge in [-0.3, -0.25) is 24.0 Å². The number of aromatic hydroxyl groups is 3. The number of nitrogens with zero attached hydrogens (tertiary/aromatic N) is 3. The summed E-state index contributed by atoms with van der Waals surface area (Å²) in [6, 6.07) is 17.1. The summed E-state index contributed by atoms with van der Waals surface area (Å²) in [7, 11) is 1.22. The van der Waals surface area contributed by atoms with Crippen LogP contribution in [0.25, 0.3) is 0 Å². The van der Waals surface area contributed by atoms with Gasteiger partial charge in [0.1, 0.15) is 41.1 Å². The van der Waals surface area contributed by atoms with Crippen LogP contribution in [0.3, 0.4) is 0 Å². The topological polar surface area (TPSA) is 296 Å². The Morgan fingerprint density at radius 2 is 0.863 bits per heavy atom. The molecule has 4 amide bonds. The number of ether oxygens (including phenoxy) is 7. The number of methoxy groups -OCH3 is 1. The maximum Gasteiger partial charge on any atom is 0.306 e. The van der Waals surface area contributed by atoms with Gasteiger partial charge in [0.05, 0.1) is 50.0 Å². The first-order valence-electron chi connectivity index (χ1n) is 24.2. The Hall–Kier alpha value is -7.30. The van der Waals surface area contributed by atoms with Crippen molar-refractivity contribution in [1.29, 1.82) is 0 Å². The number of amides is 4. The minimum atomic E-state index is -1.30. The molecule has 3 heterocycles. The fourth-order valence-corrected chi connectivity index (χ4v) is 7.87. The lowest BCUT2D eigenvalue weighted by molar-refractivity contribution is -0.142. The zero-order valence-electron chi connectivity index (χ0n) is 41.4. The fraction of sp³-hybridized carbons (Fsp3) is 0.490. The van der Waals surface area contributed by atoms with E-state index in [2.05, 4.69) is 36.2 Å². The van der Waals surface area contributed by atoms with Gasteiger partial charge >= 0.3 is 5.97 Å². The van der Waals surface area contributed by atoms with Crippen molar-refractivity contribution in [2.75, 3.05) is 66.4 Å². The van der Waals surface area contributed by atoms with Gasteiger partial charge in [-0.05, 0) is 76.4 Å². The second-order valence-electron chi connectivity index (χ2n) is 17.7. The van der Waals surface area contributed by atoms with Crippen molar-refractivity contribution in [2.45, 2.75) is 94.9 Å². The highest BCUT2D eigenvalue weighted by molar-refractivity contribution is 6.02. The molecule has 394 valence electrons. The number of hydrogen-bond donors (Lipinski definition) is 7. The summed E-state index contributed by atoms with van der Waals surface area (Å²) in [6.07, 6.45) is -1.02. The summed E-state index contributed by atoms with van der Waals surface area (Å²) in [5.74, 6) is -1.73. The van der Waals surface area contributed by atoms with E-state index in [0.29, 0.717) is 36.0 Å². The summed E-state index contributed by atoms with van der Waals surface area (Å²) in [5, 5.41) is 42.3. The highest BCUT2D eigenvalue weighted by Crippen LogP contribution is 2.27. The molecular weight excluding hydrogens is 951 g/mol. The third-order valence-corrected chi connectivity index (χ3v) is 11.8. The van der Waals surface area contributed by atoms with Crippen LogP contribution >= 0.6 is 0 Å². The Morgan fingerprint density at radius 1 is 0.534 bits per heavy atom. The Kier molecular flexibility index (Phi) is 20.3. The van der Waals surface area contributed by atoms with Crippen LogP contribution in [0, 0.1) is 0 Å². The van der Waals surface area contributed by atoms with Gasteiger partial charge in [-0.2, -0.15) is 0 Å². The molecule has 0 unspecified atom stereocenters. The molecule has 0 radical (unpaired) electrons. The van der Waals surface area contributed by atoms with Crippen LogP contribution in [-0.2, 0) is 57.1 Å². The lowest BCUT2D eigenvalue weighted by Crippen LogP contribution is -2.58. The minimum absolute atomic E-state index is 0.0185. The van der Waals surface area contributed by atoms with Crippen molar-refractivity contribution >= 4 is 47.3 Å². The molecule has 7 N–H and O–H groups in total. The first kappa shape index (κ1) is 55.0. The fourth-order valence-electron chi connectivity index (χ4n) is 7.87. The predicted molar refractivity (Wildman–Crippen MR) is 264 cm³/mol. The van der Waals surface area contributed by atoms with E-state index in [0.717, 1.165) is 0 Å². The zero-order valence-corrected chi connectivity index (χ0v) is 41.4. The van der Waals surface area contributed by atoms with Crippen LogP contribution < -0.4 is 21.3 Å². The number of phenolic OH excluding ortho intramolecular Hbond substituents is 3. The highest BCUT2D eigenvalue weighted by Gasteiger charge is 2.38. The lowest BCUT2D eigenvalue weighted by atomic mass is 10.0. The van der Waals surface area contributed by atoms with Crippen molar-refractivity contribution in [3.63, 3.8) is 0 Å². The second-order valence-corrected chi connectivity index (χ2v) is 17.7. The van der Waals surface area contributed by atoms with Crippen LogP contribution in [0.5, 0.6) is 17.2 Å². The van der Waals surface area contributed by atoms with E-state index in [1.54, 1.807) is 75.4 Å². The standard InChI is InChI=1S/C51H65N7O15/c1-31-42(55-48(71-31)34-14-5-8-17-37(34)59)45(64)52-22-11-25-68-28-51(58-40(62)20-21-41(63)67-4,29-69-26-12-23-53-46(65)43-32(2)72-49(56-43)35-15-6-9-18-38(35)60)30-70-27-13-24-54-47(66)44-33(3)73-50(57-44)36-16-7-10-19-39(36)61/h5-10,14-19,31-33,42-44,59-61H,11-13,20-30H2,1-4H3,(H,52,64)(H,53,65)(H,54,66)(H,58,62)/t31-,32-,33-,42-,43-,44-/m0/s1. The van der Waals surface area contributed by atoms with E-state index in [-0.39, 0.29) is 125 Å². The molecule has 0 fully saturated rings. The monoisotopic (exact) mass is 1020 g/mol. The van der Waals surface area contributed by atoms with Gasteiger partial charge in [0.15, 0.2) is 18.1 Å². The molecule has 0 saturated heterocycles. The number of carbonyl (C=O) groups is 5. The Bertz CT molecular complexity index is 2240. The van der Waals surface area contributed by atoms with E-state index in [9.17, 15) is 39.3 Å². The van der Waals surface area contributed by atoms with Crippen LogP contribution in [-0.4, -0.2) is 171 Å². The molecule has 3 aromatic rings. The van der Waals surface area contributed by atoms with Crippen LogP contribution in [0.1, 0.15) is 69.6 Å². The molecule has 0 aliphatic carbocycles. The molecule has 6 rings (SSSR count). The van der Waals surface area contributed by atoms with Gasteiger partial charge in [-0.15, -0.1) is 0 Å². The van der Waals surface area contributed by atoms with Crippen molar-refractivity contribution in [2.24, 2.45) is 15.0 Å². The summed E-state index contributed by atoms with van der Waals surface area (Å²) < 4.78 is 40.5. The van der Waals surface area contributed by atoms with Crippen molar-refractivity contribution < 1.29 is 72.5 Å². The minimum Gasteiger partial charge on any atom is -0.507 e. The maximum atomic E-state index is 13.4. The first-order chi connectivity index (χ1) is 35.2. The Labute approximate surface area is 422 Å². The van der Waals surface area contributed by atoms with Gasteiger partial charge in [0.2, 0.25) is 41.3 Å². The summed E-state index contributed by atoms with van der Waals surface area (Å²) in [6.45, 7) is 5.84. The van der Waals surface area contributed by atoms with Gasteiger partial charge in [0, 0.05) is 45.9 Å². The lowest BCUT2D eigenvalue weighted by Gasteiger charge is -2.34. The molecule has 0 bridgehead atoms. The highest BCUT2D eigenvalue weighted by atomic mass is 16.5. The number of esters is 1. The molecule has 0 spiro atoms. The average molecular weight is 1020 g/mol. The quantitative estimate of drug-likeness (QED) is 0.0405. The van der Waals surface area contributed by atoms with Crippen molar-refractivity contribution in [3.8, 4) is 17.2 Å². The number of phenols is 3. The van der Waals surface area contributed by atoms with Gasteiger partial charge < -0.3 is 69.7 Å². The number of rotatable bonds is 28. The largest absolute Gasteiger partial charge is 0.507 e. The van der Waals surface area contributed by atoms with E-state index >= 15 is 0 Å². The number of aliphatic imine (C=N–C) groups is 3. The molecule has 73 heavy (non-hydrogen) atoms. The molecule has 22 nitrogen and oxygen atoms in total. The third kappa shape index (κ3) is 15.6. The number of benzene rings is 3. The van der Waals surface area contributed by atoms with Crippen molar-refractivity contribution in [3.05, 3.63) is 89.5 Å². The van der Waals surface area contributed by atoms with E-state index in [1.165, 1.54) is 25.3 Å². The molecule has 3 aliphatic rings. The second kappa shape index (κ2) is 26.9. The summed E-state index contributed by atoms with van der Waals surface area (Å²) in [5.41, 5.74) is -0.159. The average Bonchev–Trinajstić information content (AvgIpc) is 4.09. The smallest absolute Gasteiger partial charge is 0.306 e. The first-order valence-corrected chi connectivity index (χ1v) is 24.2. The van der Waals surface area contributed by atoms with Crippen LogP contribution in [0.15, 0.2) is 87.8 Å². The molecular formula is C51H65N7O15. The third-order valence-electron chi connectivity index (χ3n) is 11.8. The van der Waals surface area contributed by atoms with Crippen molar-refractivity contribution in [1.82, 2.24) is 21.3 Å². The van der Waals surface area contributed by atoms with Crippen LogP contribution in [0.4, 0.5) is 0 Å². The van der Waals surface area contributed by atoms with E-state index in [4.69, 9.17) is 33.2 Å². The van der Waals surface area contributed by atoms with Gasteiger partial charge in [0.25, 0.3) is 0 Å². The molecule has 3 aliphatic heterocycles. The Morgan fingerprint density at radius 3 is 1.18 bits per heavy atom. The van der Waals surface area contributed by atoms with E-state index < -0.39 is 53.9 Å². The van der Waals surface area contributed by atoms with Gasteiger partial charge in [-0.25, -0.2) is 15.0 Å². The zero-order chi connectivity index (χ0) is 52.3. The predicted octanol–water partition coefficient (Wildman–Crippen LogP) is 2.18. The summed E-state index contributed by atoms with van der Waals surface area (Å²) >= 11 is 0. The molecule has 6 atom stereocenters. The van der Waals surface area contributed by atoms with Crippen LogP contribution in [0.2, 0.25) is 0 Å². The normalized spacial score (nSPS) is 20.1. The SMILES string of the molecule is COC(=O)CCC(=O)NC(COCCCNC(=O)[C@H]1N=C(c2ccccc2O)O[C@H]1C)(COCCCNC(=O)[C@H]1N=C(c2ccccc2O)O[C@H]1C)COCCCNC(=O)[C@H]1N=C(c2ccccc2O)O[C@H]1C. The summed E-state index contributed by atoms with van der Waals surface area (Å²) in [4.78, 5) is 78.1. The Balaban J connectivity index is 1.04. The molecule has 22 heteroatoms. The number of para-hydroxylation sites is 3. The maximum absolute atomic E-state index is 13.4. The molecule has 0 aromatic heterocycles. The molecule has 0 saturated carbocycles. The van der Waals surface area contributed by atoms with E-state index in [1.807, 2.05) is 0 Å².